The molecule has 2 fully saturated rings. The molecular weight excluding hydrogens is 318 g/mol. The quantitative estimate of drug-likeness (QED) is 0.325. The molecule has 0 unspecified atom stereocenters. The number of amides is 1. The number of nitrogens with two attached hydrogens (primary N) is 2. The molecule has 9 heteroatoms. The van der Waals surface area contributed by atoms with Crippen LogP contribution in [0.5, 0.6) is 0 Å². The van der Waals surface area contributed by atoms with Crippen molar-refractivity contribution in [1.82, 2.24) is 9.62 Å². The summed E-state index contributed by atoms with van der Waals surface area (Å²) in [6.45, 7) is 1.93. The Bertz CT molecular complexity index is 539. The lowest BCUT2D eigenvalue weighted by molar-refractivity contribution is -0.131. The summed E-state index contributed by atoms with van der Waals surface area (Å²) in [5.74, 6) is -0.0959. The SMILES string of the molecule is NC(=NCCC[C@@H](N)C(=O)N1CCCC1)NS(=O)(=O)C1CCC1. The number of hydrogen-bond acceptors (Lipinski definition) is 5. The monoisotopic (exact) mass is 345 g/mol. The largest absolute Gasteiger partial charge is 0.369 e. The zero-order valence-corrected chi connectivity index (χ0v) is 14.2. The third-order valence-corrected chi connectivity index (χ3v) is 6.27. The number of likely N-dealkylation sites (tertiary alicyclic amines) is 1. The van der Waals surface area contributed by atoms with Crippen molar-refractivity contribution < 1.29 is 13.2 Å². The first-order valence-corrected chi connectivity index (χ1v) is 9.80. The molecule has 0 aromatic rings. The van der Waals surface area contributed by atoms with E-state index >= 15 is 0 Å². The lowest BCUT2D eigenvalue weighted by atomic mass is 10.0. The third kappa shape index (κ3) is 5.07. The van der Waals surface area contributed by atoms with Crippen molar-refractivity contribution in [3.8, 4) is 0 Å². The van der Waals surface area contributed by atoms with Gasteiger partial charge in [0.25, 0.3) is 0 Å². The summed E-state index contributed by atoms with van der Waals surface area (Å²) in [5, 5.41) is -0.345. The van der Waals surface area contributed by atoms with E-state index in [4.69, 9.17) is 11.5 Å². The Morgan fingerprint density at radius 2 is 1.91 bits per heavy atom. The summed E-state index contributed by atoms with van der Waals surface area (Å²) in [6, 6.07) is -0.517. The van der Waals surface area contributed by atoms with Crippen molar-refractivity contribution >= 4 is 21.9 Å². The molecule has 0 aromatic heterocycles. The van der Waals surface area contributed by atoms with Crippen molar-refractivity contribution in [1.29, 1.82) is 0 Å². The summed E-state index contributed by atoms with van der Waals surface area (Å²) in [4.78, 5) is 17.8. The second kappa shape index (κ2) is 7.96. The van der Waals surface area contributed by atoms with Gasteiger partial charge in [-0.1, -0.05) is 6.42 Å². The minimum atomic E-state index is -3.39. The molecule has 2 rings (SSSR count). The third-order valence-electron chi connectivity index (χ3n) is 4.43. The molecular formula is C14H27N5O3S. The first-order chi connectivity index (χ1) is 10.9. The van der Waals surface area contributed by atoms with Gasteiger partial charge in [0.15, 0.2) is 0 Å². The van der Waals surface area contributed by atoms with E-state index in [-0.39, 0.29) is 17.1 Å². The first kappa shape index (κ1) is 18.0. The Hall–Kier alpha value is -1.35. The van der Waals surface area contributed by atoms with Crippen LogP contribution in [-0.4, -0.2) is 56.1 Å². The minimum absolute atomic E-state index is 0.00913. The maximum absolute atomic E-state index is 12.0. The molecule has 0 spiro atoms. The van der Waals surface area contributed by atoms with Crippen molar-refractivity contribution in [2.24, 2.45) is 16.5 Å². The number of nitrogens with one attached hydrogen (secondary N) is 1. The number of sulfonamides is 1. The van der Waals surface area contributed by atoms with Gasteiger partial charge in [-0.15, -0.1) is 0 Å². The van der Waals surface area contributed by atoms with Gasteiger partial charge >= 0.3 is 0 Å². The average Bonchev–Trinajstić information content (AvgIpc) is 2.93. The Morgan fingerprint density at radius 1 is 1.26 bits per heavy atom. The van der Waals surface area contributed by atoms with Gasteiger partial charge in [0.1, 0.15) is 0 Å². The number of rotatable bonds is 7. The second-order valence-corrected chi connectivity index (χ2v) is 8.21. The molecule has 0 bridgehead atoms. The van der Waals surface area contributed by atoms with E-state index in [2.05, 4.69) is 9.71 Å². The molecule has 8 nitrogen and oxygen atoms in total. The molecule has 132 valence electrons. The Kier molecular flexibility index (Phi) is 6.23. The topological polar surface area (TPSA) is 131 Å². The van der Waals surface area contributed by atoms with Gasteiger partial charge in [-0.3, -0.25) is 14.5 Å². The molecule has 0 radical (unpaired) electrons. The smallest absolute Gasteiger partial charge is 0.239 e. The van der Waals surface area contributed by atoms with Crippen molar-refractivity contribution in [3.05, 3.63) is 0 Å². The standard InChI is InChI=1S/C14H27N5O3S/c15-12(13(20)19-9-1-2-10-19)7-4-8-17-14(16)18-23(21,22)11-5-3-6-11/h11-12H,1-10,15H2,(H3,16,17,18)/t12-/m1/s1. The van der Waals surface area contributed by atoms with E-state index in [1.54, 1.807) is 4.90 Å². The van der Waals surface area contributed by atoms with Crippen LogP contribution in [0.4, 0.5) is 0 Å². The molecule has 1 amide bonds. The van der Waals surface area contributed by atoms with Crippen molar-refractivity contribution in [2.45, 2.75) is 56.2 Å². The zero-order valence-electron chi connectivity index (χ0n) is 13.4. The van der Waals surface area contributed by atoms with Crippen LogP contribution >= 0.6 is 0 Å². The lowest BCUT2D eigenvalue weighted by Crippen LogP contribution is -2.44. The molecule has 1 aliphatic carbocycles. The van der Waals surface area contributed by atoms with E-state index in [0.717, 1.165) is 32.4 Å². The fourth-order valence-corrected chi connectivity index (χ4v) is 4.23. The Labute approximate surface area is 137 Å². The molecule has 1 aliphatic heterocycles. The highest BCUT2D eigenvalue weighted by Gasteiger charge is 2.31. The van der Waals surface area contributed by atoms with Crippen LogP contribution in [0.2, 0.25) is 0 Å². The molecule has 0 aromatic carbocycles. The summed E-state index contributed by atoms with van der Waals surface area (Å²) < 4.78 is 26.0. The molecule has 5 N–H and O–H groups in total. The highest BCUT2D eigenvalue weighted by molar-refractivity contribution is 7.90. The molecule has 23 heavy (non-hydrogen) atoms. The molecule has 2 aliphatic rings. The van der Waals surface area contributed by atoms with Crippen LogP contribution in [0.15, 0.2) is 4.99 Å². The van der Waals surface area contributed by atoms with Crippen LogP contribution < -0.4 is 16.2 Å². The zero-order chi connectivity index (χ0) is 16.9. The van der Waals surface area contributed by atoms with Crippen LogP contribution in [-0.2, 0) is 14.8 Å². The normalized spacial score (nSPS) is 21.1. The van der Waals surface area contributed by atoms with Crippen molar-refractivity contribution in [2.75, 3.05) is 19.6 Å². The van der Waals surface area contributed by atoms with Crippen LogP contribution in [0, 0.1) is 0 Å². The second-order valence-electron chi connectivity index (χ2n) is 6.25. The maximum atomic E-state index is 12.0. The predicted octanol–water partition coefficient (Wildman–Crippen LogP) is -0.497. The van der Waals surface area contributed by atoms with E-state index < -0.39 is 16.1 Å². The average molecular weight is 345 g/mol. The maximum Gasteiger partial charge on any atom is 0.239 e. The van der Waals surface area contributed by atoms with E-state index in [9.17, 15) is 13.2 Å². The predicted molar refractivity (Wildman–Crippen MR) is 89.2 cm³/mol. The van der Waals surface area contributed by atoms with Crippen molar-refractivity contribution in [3.63, 3.8) is 0 Å². The fraction of sp³-hybridized carbons (Fsp3) is 0.857. The highest BCUT2D eigenvalue weighted by atomic mass is 32.2. The van der Waals surface area contributed by atoms with Gasteiger partial charge in [0.2, 0.25) is 21.9 Å². The lowest BCUT2D eigenvalue weighted by Gasteiger charge is -2.25. The number of carbonyl (C=O) groups excluding carboxylic acids is 1. The fourth-order valence-electron chi connectivity index (χ4n) is 2.75. The Balaban J connectivity index is 1.67. The molecule has 1 atom stereocenters. The van der Waals surface area contributed by atoms with Crippen LogP contribution in [0.25, 0.3) is 0 Å². The van der Waals surface area contributed by atoms with E-state index in [1.807, 2.05) is 0 Å². The number of aliphatic imine (C=N–C) groups is 1. The molecule has 1 heterocycles. The number of carbonyl (C=O) groups is 1. The minimum Gasteiger partial charge on any atom is -0.369 e. The Morgan fingerprint density at radius 3 is 2.48 bits per heavy atom. The van der Waals surface area contributed by atoms with Crippen LogP contribution in [0.1, 0.15) is 44.9 Å². The highest BCUT2D eigenvalue weighted by Crippen LogP contribution is 2.25. The summed E-state index contributed by atoms with van der Waals surface area (Å²) in [5.41, 5.74) is 11.5. The van der Waals surface area contributed by atoms with Gasteiger partial charge in [0, 0.05) is 19.6 Å². The molecule has 1 saturated carbocycles. The van der Waals surface area contributed by atoms with Gasteiger partial charge in [-0.05, 0) is 38.5 Å². The van der Waals surface area contributed by atoms with E-state index in [1.165, 1.54) is 0 Å². The van der Waals surface area contributed by atoms with Gasteiger partial charge in [-0.2, -0.15) is 0 Å². The van der Waals surface area contributed by atoms with Gasteiger partial charge in [0.05, 0.1) is 11.3 Å². The first-order valence-electron chi connectivity index (χ1n) is 8.26. The summed E-state index contributed by atoms with van der Waals surface area (Å²) in [6.07, 6.45) is 5.48. The van der Waals surface area contributed by atoms with Gasteiger partial charge < -0.3 is 16.4 Å². The number of guanidine groups is 1. The van der Waals surface area contributed by atoms with E-state index in [0.29, 0.717) is 32.2 Å². The molecule has 1 saturated heterocycles. The van der Waals surface area contributed by atoms with Crippen LogP contribution in [0.3, 0.4) is 0 Å². The summed E-state index contributed by atoms with van der Waals surface area (Å²) >= 11 is 0. The number of nitrogens with zero attached hydrogens (tertiary/aromatic N) is 2. The number of hydrogen-bond donors (Lipinski definition) is 3. The van der Waals surface area contributed by atoms with Gasteiger partial charge in [-0.25, -0.2) is 8.42 Å². The summed E-state index contributed by atoms with van der Waals surface area (Å²) in [7, 11) is -3.39.